The predicted molar refractivity (Wildman–Crippen MR) is 86.9 cm³/mol. The Labute approximate surface area is 131 Å². The topological polar surface area (TPSA) is 61.4 Å². The van der Waals surface area contributed by atoms with Gasteiger partial charge in [-0.15, -0.1) is 0 Å². The summed E-state index contributed by atoms with van der Waals surface area (Å²) >= 11 is 0. The van der Waals surface area contributed by atoms with Crippen LogP contribution in [-0.4, -0.2) is 54.5 Å². The van der Waals surface area contributed by atoms with E-state index in [1.165, 1.54) is 12.8 Å². The Balaban J connectivity index is 1.64. The maximum atomic E-state index is 12.2. The van der Waals surface area contributed by atoms with Gasteiger partial charge in [0.05, 0.1) is 5.92 Å². The molecule has 1 aliphatic heterocycles. The molecule has 1 saturated carbocycles. The normalized spacial score (nSPS) is 21.5. The summed E-state index contributed by atoms with van der Waals surface area (Å²) in [4.78, 5) is 24.8. The number of hydrogen-bond donors (Lipinski definition) is 1. The number of aromatic nitrogens is 2. The van der Waals surface area contributed by atoms with Crippen LogP contribution in [0.25, 0.3) is 0 Å². The first kappa shape index (κ1) is 15.1. The van der Waals surface area contributed by atoms with Gasteiger partial charge in [0.1, 0.15) is 18.0 Å². The number of rotatable bonds is 5. The summed E-state index contributed by atoms with van der Waals surface area (Å²) in [6.07, 6.45) is 6.25. The van der Waals surface area contributed by atoms with Crippen LogP contribution in [-0.2, 0) is 4.79 Å². The van der Waals surface area contributed by atoms with E-state index in [0.717, 1.165) is 50.0 Å². The molecule has 1 saturated heterocycles. The summed E-state index contributed by atoms with van der Waals surface area (Å²) in [6, 6.07) is 2.00. The van der Waals surface area contributed by atoms with E-state index in [9.17, 15) is 4.79 Å². The van der Waals surface area contributed by atoms with E-state index in [2.05, 4.69) is 20.2 Å². The SMILES string of the molecule is CN(C)C(=O)[C@H]1CCCN(c2cc(NCC3CC3)ncn2)C1. The summed E-state index contributed by atoms with van der Waals surface area (Å²) < 4.78 is 0. The Morgan fingerprint density at radius 1 is 1.36 bits per heavy atom. The molecule has 1 N–H and O–H groups in total. The van der Waals surface area contributed by atoms with Gasteiger partial charge < -0.3 is 15.1 Å². The molecule has 2 aliphatic rings. The lowest BCUT2D eigenvalue weighted by atomic mass is 9.97. The van der Waals surface area contributed by atoms with Crippen LogP contribution in [0.2, 0.25) is 0 Å². The molecule has 6 heteroatoms. The molecule has 1 aromatic heterocycles. The second-order valence-corrected chi connectivity index (χ2v) is 6.60. The van der Waals surface area contributed by atoms with Crippen LogP contribution < -0.4 is 10.2 Å². The standard InChI is InChI=1S/C16H25N5O/c1-20(2)16(22)13-4-3-7-21(10-13)15-8-14(18-11-19-15)17-9-12-5-6-12/h8,11-13H,3-7,9-10H2,1-2H3,(H,17,18,19)/t13-/m0/s1. The monoisotopic (exact) mass is 303 g/mol. The fourth-order valence-electron chi connectivity index (χ4n) is 2.94. The van der Waals surface area contributed by atoms with Gasteiger partial charge in [-0.25, -0.2) is 9.97 Å². The second kappa shape index (κ2) is 6.50. The highest BCUT2D eigenvalue weighted by Gasteiger charge is 2.27. The Bertz CT molecular complexity index is 529. The molecule has 1 atom stereocenters. The third-order valence-electron chi connectivity index (χ3n) is 4.46. The van der Waals surface area contributed by atoms with Crippen LogP contribution >= 0.6 is 0 Å². The Morgan fingerprint density at radius 2 is 2.18 bits per heavy atom. The second-order valence-electron chi connectivity index (χ2n) is 6.60. The molecule has 1 amide bonds. The molecule has 120 valence electrons. The number of nitrogens with zero attached hydrogens (tertiary/aromatic N) is 4. The predicted octanol–water partition coefficient (Wildman–Crippen LogP) is 1.60. The van der Waals surface area contributed by atoms with Crippen molar-refractivity contribution >= 4 is 17.5 Å². The number of carbonyl (C=O) groups is 1. The van der Waals surface area contributed by atoms with Crippen LogP contribution in [0.1, 0.15) is 25.7 Å². The maximum Gasteiger partial charge on any atom is 0.226 e. The van der Waals surface area contributed by atoms with Crippen molar-refractivity contribution in [2.24, 2.45) is 11.8 Å². The summed E-state index contributed by atoms with van der Waals surface area (Å²) in [7, 11) is 3.65. The minimum absolute atomic E-state index is 0.0709. The van der Waals surface area contributed by atoms with Crippen molar-refractivity contribution in [1.82, 2.24) is 14.9 Å². The molecule has 22 heavy (non-hydrogen) atoms. The van der Waals surface area contributed by atoms with Gasteiger partial charge in [0.25, 0.3) is 0 Å². The van der Waals surface area contributed by atoms with Gasteiger partial charge >= 0.3 is 0 Å². The molecule has 0 spiro atoms. The van der Waals surface area contributed by atoms with Gasteiger partial charge in [-0.1, -0.05) is 0 Å². The highest BCUT2D eigenvalue weighted by molar-refractivity contribution is 5.79. The van der Waals surface area contributed by atoms with Crippen LogP contribution in [0.5, 0.6) is 0 Å². The summed E-state index contributed by atoms with van der Waals surface area (Å²) in [5.74, 6) is 2.91. The lowest BCUT2D eigenvalue weighted by molar-refractivity contribution is -0.133. The minimum Gasteiger partial charge on any atom is -0.370 e. The van der Waals surface area contributed by atoms with E-state index in [-0.39, 0.29) is 11.8 Å². The van der Waals surface area contributed by atoms with Crippen molar-refractivity contribution in [2.75, 3.05) is 43.9 Å². The zero-order valence-electron chi connectivity index (χ0n) is 13.5. The van der Waals surface area contributed by atoms with E-state index >= 15 is 0 Å². The van der Waals surface area contributed by atoms with Crippen LogP contribution in [0.15, 0.2) is 12.4 Å². The molecule has 3 rings (SSSR count). The first-order chi connectivity index (χ1) is 10.6. The molecular formula is C16H25N5O. The summed E-state index contributed by atoms with van der Waals surface area (Å²) in [6.45, 7) is 2.70. The van der Waals surface area contributed by atoms with Crippen molar-refractivity contribution in [3.8, 4) is 0 Å². The molecule has 1 aliphatic carbocycles. The first-order valence-corrected chi connectivity index (χ1v) is 8.15. The fourth-order valence-corrected chi connectivity index (χ4v) is 2.94. The molecule has 0 bridgehead atoms. The quantitative estimate of drug-likeness (QED) is 0.895. The number of anilines is 2. The molecule has 0 radical (unpaired) electrons. The smallest absolute Gasteiger partial charge is 0.226 e. The zero-order valence-corrected chi connectivity index (χ0v) is 13.5. The number of amides is 1. The van der Waals surface area contributed by atoms with Crippen molar-refractivity contribution < 1.29 is 4.79 Å². The van der Waals surface area contributed by atoms with Gasteiger partial charge in [-0.2, -0.15) is 0 Å². The zero-order chi connectivity index (χ0) is 15.5. The summed E-state index contributed by atoms with van der Waals surface area (Å²) in [5, 5.41) is 3.39. The fraction of sp³-hybridized carbons (Fsp3) is 0.688. The minimum atomic E-state index is 0.0709. The van der Waals surface area contributed by atoms with Crippen molar-refractivity contribution in [3.05, 3.63) is 12.4 Å². The molecule has 2 heterocycles. The number of carbonyl (C=O) groups excluding carboxylic acids is 1. The van der Waals surface area contributed by atoms with Gasteiger partial charge in [0.15, 0.2) is 0 Å². The van der Waals surface area contributed by atoms with Gasteiger partial charge in [-0.05, 0) is 31.6 Å². The highest BCUT2D eigenvalue weighted by atomic mass is 16.2. The Morgan fingerprint density at radius 3 is 2.91 bits per heavy atom. The molecular weight excluding hydrogens is 278 g/mol. The van der Waals surface area contributed by atoms with Gasteiger partial charge in [0, 0.05) is 39.8 Å². The van der Waals surface area contributed by atoms with E-state index in [1.54, 1.807) is 11.2 Å². The third-order valence-corrected chi connectivity index (χ3v) is 4.46. The Hall–Kier alpha value is -1.85. The van der Waals surface area contributed by atoms with Gasteiger partial charge in [-0.3, -0.25) is 4.79 Å². The van der Waals surface area contributed by atoms with Crippen molar-refractivity contribution in [3.63, 3.8) is 0 Å². The van der Waals surface area contributed by atoms with Crippen LogP contribution in [0, 0.1) is 11.8 Å². The average Bonchev–Trinajstić information content (AvgIpc) is 3.37. The molecule has 1 aromatic rings. The molecule has 2 fully saturated rings. The summed E-state index contributed by atoms with van der Waals surface area (Å²) in [5.41, 5.74) is 0. The Kier molecular flexibility index (Phi) is 4.45. The first-order valence-electron chi connectivity index (χ1n) is 8.15. The lowest BCUT2D eigenvalue weighted by Gasteiger charge is -2.34. The molecule has 0 aromatic carbocycles. The van der Waals surface area contributed by atoms with Crippen molar-refractivity contribution in [1.29, 1.82) is 0 Å². The van der Waals surface area contributed by atoms with Crippen LogP contribution in [0.4, 0.5) is 11.6 Å². The number of hydrogen-bond acceptors (Lipinski definition) is 5. The average molecular weight is 303 g/mol. The molecule has 0 unspecified atom stereocenters. The number of piperidine rings is 1. The van der Waals surface area contributed by atoms with E-state index in [0.29, 0.717) is 0 Å². The number of nitrogens with one attached hydrogen (secondary N) is 1. The van der Waals surface area contributed by atoms with Crippen molar-refractivity contribution in [2.45, 2.75) is 25.7 Å². The highest BCUT2D eigenvalue weighted by Crippen LogP contribution is 2.29. The molecule has 6 nitrogen and oxygen atoms in total. The van der Waals surface area contributed by atoms with E-state index in [1.807, 2.05) is 20.2 Å². The van der Waals surface area contributed by atoms with E-state index < -0.39 is 0 Å². The maximum absolute atomic E-state index is 12.2. The van der Waals surface area contributed by atoms with Gasteiger partial charge in [0.2, 0.25) is 5.91 Å². The van der Waals surface area contributed by atoms with E-state index in [4.69, 9.17) is 0 Å². The lowest BCUT2D eigenvalue weighted by Crippen LogP contribution is -2.43. The largest absolute Gasteiger partial charge is 0.370 e. The third kappa shape index (κ3) is 3.67. The van der Waals surface area contributed by atoms with Crippen LogP contribution in [0.3, 0.4) is 0 Å².